The molecule has 0 bridgehead atoms. The molecule has 0 heterocycles. The molecule has 0 spiro atoms. The molecule has 2 amide bonds. The zero-order valence-electron chi connectivity index (χ0n) is 10.9. The fourth-order valence-corrected chi connectivity index (χ4v) is 1.18. The van der Waals surface area contributed by atoms with Crippen LogP contribution in [0, 0.1) is 5.92 Å². The number of amides is 2. The van der Waals surface area contributed by atoms with Gasteiger partial charge in [-0.25, -0.2) is 0 Å². The second-order valence-corrected chi connectivity index (χ2v) is 4.96. The minimum Gasteiger partial charge on any atom is -0.351 e. The number of nitrogens with one attached hydrogen (secondary N) is 2. The molecule has 0 saturated heterocycles. The van der Waals surface area contributed by atoms with Crippen LogP contribution in [0.3, 0.4) is 0 Å². The van der Waals surface area contributed by atoms with Crippen LogP contribution >= 0.6 is 12.6 Å². The first-order valence-electron chi connectivity index (χ1n) is 5.76. The molecule has 0 rings (SSSR count). The van der Waals surface area contributed by atoms with Gasteiger partial charge in [0.1, 0.15) is 6.04 Å². The smallest absolute Gasteiger partial charge is 0.242 e. The van der Waals surface area contributed by atoms with Crippen molar-refractivity contribution in [1.82, 2.24) is 10.6 Å². The summed E-state index contributed by atoms with van der Waals surface area (Å²) < 4.78 is 0. The van der Waals surface area contributed by atoms with Crippen LogP contribution < -0.4 is 16.4 Å². The maximum absolute atomic E-state index is 11.6. The predicted octanol–water partition coefficient (Wildman–Crippen LogP) is -0.0911. The van der Waals surface area contributed by atoms with Crippen LogP contribution in [-0.4, -0.2) is 35.7 Å². The van der Waals surface area contributed by atoms with Crippen LogP contribution in [0.5, 0.6) is 0 Å². The number of carbonyl (C=O) groups is 2. The molecule has 0 aliphatic rings. The molecule has 5 nitrogen and oxygen atoms in total. The van der Waals surface area contributed by atoms with Crippen molar-refractivity contribution >= 4 is 24.4 Å². The summed E-state index contributed by atoms with van der Waals surface area (Å²) in [4.78, 5) is 23.3. The fourth-order valence-electron chi connectivity index (χ4n) is 1.09. The van der Waals surface area contributed by atoms with Crippen molar-refractivity contribution in [2.45, 2.75) is 45.8 Å². The molecule has 0 aliphatic heterocycles. The van der Waals surface area contributed by atoms with Gasteiger partial charge >= 0.3 is 0 Å². The standard InChI is InChI=1S/C11H23N3O2S/c1-6(2)9(12)11(16)14-8(4)10(15)13-7(3)5-17/h6-9,17H,5,12H2,1-4H3,(H,13,15)(H,14,16)/t7-,8+,9+/m1/s1. The zero-order chi connectivity index (χ0) is 13.6. The van der Waals surface area contributed by atoms with E-state index in [9.17, 15) is 9.59 Å². The SMILES string of the molecule is CC(C)[C@H](N)C(=O)N[C@@H](C)C(=O)N[C@H](C)CS. The van der Waals surface area contributed by atoms with E-state index in [0.717, 1.165) is 0 Å². The fraction of sp³-hybridized carbons (Fsp3) is 0.818. The molecule has 0 aliphatic carbocycles. The van der Waals surface area contributed by atoms with Crippen molar-refractivity contribution in [2.75, 3.05) is 5.75 Å². The van der Waals surface area contributed by atoms with E-state index in [-0.39, 0.29) is 23.8 Å². The molecule has 0 aromatic carbocycles. The molecule has 6 heteroatoms. The monoisotopic (exact) mass is 261 g/mol. The minimum absolute atomic E-state index is 0.0241. The molecule has 0 fully saturated rings. The topological polar surface area (TPSA) is 84.2 Å². The van der Waals surface area contributed by atoms with E-state index in [1.165, 1.54) is 0 Å². The largest absolute Gasteiger partial charge is 0.351 e. The molecular formula is C11H23N3O2S. The van der Waals surface area contributed by atoms with E-state index < -0.39 is 12.1 Å². The highest BCUT2D eigenvalue weighted by atomic mass is 32.1. The number of hydrogen-bond acceptors (Lipinski definition) is 4. The van der Waals surface area contributed by atoms with Gasteiger partial charge in [-0.05, 0) is 19.8 Å². The molecule has 4 N–H and O–H groups in total. The Morgan fingerprint density at radius 1 is 1.12 bits per heavy atom. The Hall–Kier alpha value is -0.750. The van der Waals surface area contributed by atoms with Crippen LogP contribution in [-0.2, 0) is 9.59 Å². The van der Waals surface area contributed by atoms with Crippen molar-refractivity contribution in [1.29, 1.82) is 0 Å². The Morgan fingerprint density at radius 3 is 2.06 bits per heavy atom. The summed E-state index contributed by atoms with van der Waals surface area (Å²) in [6, 6.07) is -1.20. The first-order valence-corrected chi connectivity index (χ1v) is 6.40. The first kappa shape index (κ1) is 16.2. The van der Waals surface area contributed by atoms with Gasteiger partial charge in [-0.1, -0.05) is 13.8 Å². The Bertz CT molecular complexity index is 271. The lowest BCUT2D eigenvalue weighted by molar-refractivity contribution is -0.129. The highest BCUT2D eigenvalue weighted by Gasteiger charge is 2.22. The van der Waals surface area contributed by atoms with E-state index >= 15 is 0 Å². The van der Waals surface area contributed by atoms with Crippen LogP contribution in [0.4, 0.5) is 0 Å². The molecule has 17 heavy (non-hydrogen) atoms. The van der Waals surface area contributed by atoms with Crippen molar-refractivity contribution < 1.29 is 9.59 Å². The average molecular weight is 261 g/mol. The van der Waals surface area contributed by atoms with E-state index in [4.69, 9.17) is 5.73 Å². The number of hydrogen-bond donors (Lipinski definition) is 4. The highest BCUT2D eigenvalue weighted by molar-refractivity contribution is 7.80. The van der Waals surface area contributed by atoms with Crippen molar-refractivity contribution in [3.63, 3.8) is 0 Å². The number of nitrogens with two attached hydrogens (primary N) is 1. The Kier molecular flexibility index (Phi) is 7.22. The molecule has 0 aromatic heterocycles. The minimum atomic E-state index is -0.590. The van der Waals surface area contributed by atoms with Gasteiger partial charge in [0.15, 0.2) is 0 Å². The predicted molar refractivity (Wildman–Crippen MR) is 71.9 cm³/mol. The molecule has 3 atom stereocenters. The number of rotatable bonds is 6. The van der Waals surface area contributed by atoms with E-state index in [0.29, 0.717) is 5.75 Å². The van der Waals surface area contributed by atoms with Crippen molar-refractivity contribution in [3.8, 4) is 0 Å². The number of carbonyl (C=O) groups excluding carboxylic acids is 2. The first-order chi connectivity index (χ1) is 7.79. The van der Waals surface area contributed by atoms with Gasteiger partial charge in [0, 0.05) is 11.8 Å². The summed E-state index contributed by atoms with van der Waals surface area (Å²) in [5, 5.41) is 5.32. The van der Waals surface area contributed by atoms with E-state index in [1.54, 1.807) is 6.92 Å². The molecule has 0 unspecified atom stereocenters. The molecular weight excluding hydrogens is 238 g/mol. The maximum atomic E-state index is 11.6. The zero-order valence-corrected chi connectivity index (χ0v) is 11.8. The van der Waals surface area contributed by atoms with Crippen LogP contribution in [0.1, 0.15) is 27.7 Å². The molecule has 0 saturated carbocycles. The van der Waals surface area contributed by atoms with E-state index in [1.807, 2.05) is 20.8 Å². The van der Waals surface area contributed by atoms with Gasteiger partial charge in [-0.15, -0.1) is 0 Å². The normalized spacial score (nSPS) is 16.2. The maximum Gasteiger partial charge on any atom is 0.242 e. The van der Waals surface area contributed by atoms with Gasteiger partial charge < -0.3 is 16.4 Å². The third kappa shape index (κ3) is 5.93. The van der Waals surface area contributed by atoms with Crippen molar-refractivity contribution in [3.05, 3.63) is 0 Å². The van der Waals surface area contributed by atoms with Gasteiger partial charge in [-0.2, -0.15) is 12.6 Å². The summed E-state index contributed by atoms with van der Waals surface area (Å²) in [7, 11) is 0. The third-order valence-corrected chi connectivity index (χ3v) is 2.98. The van der Waals surface area contributed by atoms with Gasteiger partial charge in [0.25, 0.3) is 0 Å². The quantitative estimate of drug-likeness (QED) is 0.504. The summed E-state index contributed by atoms with van der Waals surface area (Å²) in [5.41, 5.74) is 5.68. The summed E-state index contributed by atoms with van der Waals surface area (Å²) in [5.74, 6) is 0.0661. The average Bonchev–Trinajstić information content (AvgIpc) is 2.27. The van der Waals surface area contributed by atoms with Gasteiger partial charge in [0.05, 0.1) is 6.04 Å². The third-order valence-electron chi connectivity index (χ3n) is 2.44. The Labute approximate surface area is 108 Å². The summed E-state index contributed by atoms with van der Waals surface area (Å²) in [6.07, 6.45) is 0. The lowest BCUT2D eigenvalue weighted by Crippen LogP contribution is -2.53. The van der Waals surface area contributed by atoms with Gasteiger partial charge in [-0.3, -0.25) is 9.59 Å². The second-order valence-electron chi connectivity index (χ2n) is 4.59. The van der Waals surface area contributed by atoms with Gasteiger partial charge in [0.2, 0.25) is 11.8 Å². The summed E-state index contributed by atoms with van der Waals surface area (Å²) >= 11 is 4.07. The van der Waals surface area contributed by atoms with Crippen LogP contribution in [0.25, 0.3) is 0 Å². The molecule has 0 aromatic rings. The van der Waals surface area contributed by atoms with Crippen molar-refractivity contribution in [2.24, 2.45) is 11.7 Å². The van der Waals surface area contributed by atoms with Crippen LogP contribution in [0.15, 0.2) is 0 Å². The Morgan fingerprint density at radius 2 is 1.65 bits per heavy atom. The van der Waals surface area contributed by atoms with Crippen LogP contribution in [0.2, 0.25) is 0 Å². The highest BCUT2D eigenvalue weighted by Crippen LogP contribution is 1.98. The number of thiol groups is 1. The second kappa shape index (κ2) is 7.55. The molecule has 100 valence electrons. The summed E-state index contributed by atoms with van der Waals surface area (Å²) in [6.45, 7) is 7.20. The molecule has 0 radical (unpaired) electrons. The Balaban J connectivity index is 4.21. The van der Waals surface area contributed by atoms with E-state index in [2.05, 4.69) is 23.3 Å². The lowest BCUT2D eigenvalue weighted by atomic mass is 10.0. The lowest BCUT2D eigenvalue weighted by Gasteiger charge is -2.20.